The number of hydrogen-bond acceptors (Lipinski definition) is 4. The highest BCUT2D eigenvalue weighted by atomic mass is 16.5. The Bertz CT molecular complexity index is 702. The van der Waals surface area contributed by atoms with Crippen LogP contribution >= 0.6 is 0 Å². The van der Waals surface area contributed by atoms with E-state index in [0.717, 1.165) is 6.42 Å². The van der Waals surface area contributed by atoms with Gasteiger partial charge in [-0.05, 0) is 39.3 Å². The van der Waals surface area contributed by atoms with Crippen molar-refractivity contribution in [2.24, 2.45) is 0 Å². The summed E-state index contributed by atoms with van der Waals surface area (Å²) in [4.78, 5) is 24.8. The van der Waals surface area contributed by atoms with E-state index in [0.29, 0.717) is 28.3 Å². The summed E-state index contributed by atoms with van der Waals surface area (Å²) in [7, 11) is 0. The number of anilines is 1. The lowest BCUT2D eigenvalue weighted by Gasteiger charge is -2.14. The number of rotatable bonds is 5. The van der Waals surface area contributed by atoms with Gasteiger partial charge in [-0.2, -0.15) is 0 Å². The van der Waals surface area contributed by atoms with Gasteiger partial charge in [0.2, 0.25) is 0 Å². The zero-order chi connectivity index (χ0) is 17.0. The van der Waals surface area contributed by atoms with Crippen LogP contribution in [0, 0.1) is 13.8 Å². The Kier molecular flexibility index (Phi) is 5.16. The van der Waals surface area contributed by atoms with Crippen molar-refractivity contribution in [1.29, 1.82) is 0 Å². The number of hydrogen-bond donors (Lipinski definition) is 2. The third-order valence-electron chi connectivity index (χ3n) is 3.67. The highest BCUT2D eigenvalue weighted by Gasteiger charge is 2.20. The van der Waals surface area contributed by atoms with Crippen LogP contribution in [-0.4, -0.2) is 23.0 Å². The number of carbonyl (C=O) groups is 2. The number of carbonyl (C=O) groups excluding carboxylic acids is 2. The molecule has 0 saturated carbocycles. The average molecular weight is 315 g/mol. The van der Waals surface area contributed by atoms with Gasteiger partial charge in [0.1, 0.15) is 11.3 Å². The molecule has 0 fully saturated rings. The summed E-state index contributed by atoms with van der Waals surface area (Å²) in [5, 5.41) is 9.43. The van der Waals surface area contributed by atoms with Gasteiger partial charge in [0, 0.05) is 6.04 Å². The Morgan fingerprint density at radius 1 is 1.22 bits per heavy atom. The summed E-state index contributed by atoms with van der Waals surface area (Å²) in [6, 6.07) is 6.97. The minimum Gasteiger partial charge on any atom is -0.361 e. The van der Waals surface area contributed by atoms with Crippen molar-refractivity contribution in [3.05, 3.63) is 46.8 Å². The van der Waals surface area contributed by atoms with Crippen LogP contribution < -0.4 is 10.6 Å². The van der Waals surface area contributed by atoms with E-state index in [9.17, 15) is 9.59 Å². The second-order valence-electron chi connectivity index (χ2n) is 5.48. The molecule has 2 rings (SSSR count). The first kappa shape index (κ1) is 16.7. The largest absolute Gasteiger partial charge is 0.361 e. The van der Waals surface area contributed by atoms with Crippen LogP contribution in [0.15, 0.2) is 28.8 Å². The van der Waals surface area contributed by atoms with Gasteiger partial charge in [-0.1, -0.05) is 24.2 Å². The molecule has 0 aliphatic rings. The average Bonchev–Trinajstić information content (AvgIpc) is 2.86. The molecule has 0 unspecified atom stereocenters. The first-order valence-electron chi connectivity index (χ1n) is 7.58. The maximum Gasteiger partial charge on any atom is 0.261 e. The van der Waals surface area contributed by atoms with Gasteiger partial charge in [-0.3, -0.25) is 9.59 Å². The number of nitrogens with zero attached hydrogens (tertiary/aromatic N) is 1. The van der Waals surface area contributed by atoms with E-state index in [1.807, 2.05) is 13.8 Å². The fourth-order valence-electron chi connectivity index (χ4n) is 2.19. The second kappa shape index (κ2) is 7.09. The Labute approximate surface area is 135 Å². The van der Waals surface area contributed by atoms with E-state index in [1.165, 1.54) is 0 Å². The van der Waals surface area contributed by atoms with Crippen molar-refractivity contribution in [2.75, 3.05) is 5.32 Å². The topological polar surface area (TPSA) is 84.2 Å². The highest BCUT2D eigenvalue weighted by Crippen LogP contribution is 2.19. The molecule has 1 aromatic carbocycles. The van der Waals surface area contributed by atoms with Crippen molar-refractivity contribution in [3.8, 4) is 0 Å². The first-order chi connectivity index (χ1) is 10.9. The lowest BCUT2D eigenvalue weighted by Crippen LogP contribution is -2.32. The second-order valence-corrected chi connectivity index (χ2v) is 5.48. The van der Waals surface area contributed by atoms with Crippen LogP contribution in [0.4, 0.5) is 5.69 Å². The third-order valence-corrected chi connectivity index (χ3v) is 3.67. The SMILES string of the molecule is CC[C@H](C)NC(=O)c1ccccc1NC(=O)c1c(C)noc1C. The molecule has 6 nitrogen and oxygen atoms in total. The molecular formula is C17H21N3O3. The maximum atomic E-state index is 12.4. The van der Waals surface area contributed by atoms with E-state index in [1.54, 1.807) is 38.1 Å². The van der Waals surface area contributed by atoms with E-state index >= 15 is 0 Å². The summed E-state index contributed by atoms with van der Waals surface area (Å²) < 4.78 is 5.01. The molecule has 0 aliphatic heterocycles. The molecule has 1 aromatic heterocycles. The van der Waals surface area contributed by atoms with Crippen LogP contribution in [0.25, 0.3) is 0 Å². The van der Waals surface area contributed by atoms with Crippen LogP contribution in [0.5, 0.6) is 0 Å². The Morgan fingerprint density at radius 2 is 1.91 bits per heavy atom. The standard InChI is InChI=1S/C17H21N3O3/c1-5-10(2)18-16(21)13-8-6-7-9-14(13)19-17(22)15-11(3)20-23-12(15)4/h6-10H,5H2,1-4H3,(H,18,21)(H,19,22)/t10-/m0/s1. The fraction of sp³-hybridized carbons (Fsp3) is 0.353. The van der Waals surface area contributed by atoms with Crippen LogP contribution in [-0.2, 0) is 0 Å². The van der Waals surface area contributed by atoms with Crippen LogP contribution in [0.3, 0.4) is 0 Å². The Morgan fingerprint density at radius 3 is 2.52 bits per heavy atom. The van der Waals surface area contributed by atoms with Crippen molar-refractivity contribution in [1.82, 2.24) is 10.5 Å². The summed E-state index contributed by atoms with van der Waals surface area (Å²) in [5.41, 5.74) is 1.79. The van der Waals surface area contributed by atoms with E-state index in [2.05, 4.69) is 15.8 Å². The molecule has 23 heavy (non-hydrogen) atoms. The number of amides is 2. The smallest absolute Gasteiger partial charge is 0.261 e. The minimum absolute atomic E-state index is 0.0637. The first-order valence-corrected chi connectivity index (χ1v) is 7.58. The normalized spacial score (nSPS) is 11.8. The van der Waals surface area contributed by atoms with Gasteiger partial charge >= 0.3 is 0 Å². The van der Waals surface area contributed by atoms with Crippen LogP contribution in [0.1, 0.15) is 52.4 Å². The number of para-hydroxylation sites is 1. The Hall–Kier alpha value is -2.63. The molecule has 1 atom stereocenters. The summed E-state index contributed by atoms with van der Waals surface area (Å²) in [6.45, 7) is 7.31. The van der Waals surface area contributed by atoms with Gasteiger partial charge in [-0.15, -0.1) is 0 Å². The maximum absolute atomic E-state index is 12.4. The number of nitrogens with one attached hydrogen (secondary N) is 2. The lowest BCUT2D eigenvalue weighted by molar-refractivity contribution is 0.0940. The van der Waals surface area contributed by atoms with Crippen molar-refractivity contribution in [3.63, 3.8) is 0 Å². The van der Waals surface area contributed by atoms with Gasteiger partial charge in [0.25, 0.3) is 11.8 Å². The molecule has 2 amide bonds. The molecule has 2 aromatic rings. The quantitative estimate of drug-likeness (QED) is 0.888. The van der Waals surface area contributed by atoms with Crippen molar-refractivity contribution >= 4 is 17.5 Å². The number of benzene rings is 1. The van der Waals surface area contributed by atoms with Crippen molar-refractivity contribution in [2.45, 2.75) is 40.2 Å². The predicted octanol–water partition coefficient (Wildman–Crippen LogP) is 3.07. The fourth-order valence-corrected chi connectivity index (χ4v) is 2.19. The molecule has 0 aliphatic carbocycles. The third kappa shape index (κ3) is 3.77. The van der Waals surface area contributed by atoms with E-state index in [-0.39, 0.29) is 17.9 Å². The van der Waals surface area contributed by atoms with E-state index in [4.69, 9.17) is 4.52 Å². The molecule has 0 spiro atoms. The lowest BCUT2D eigenvalue weighted by atomic mass is 10.1. The zero-order valence-electron chi connectivity index (χ0n) is 13.8. The summed E-state index contributed by atoms with van der Waals surface area (Å²) >= 11 is 0. The summed E-state index contributed by atoms with van der Waals surface area (Å²) in [5.74, 6) is -0.111. The molecule has 0 saturated heterocycles. The van der Waals surface area contributed by atoms with Gasteiger partial charge in [0.15, 0.2) is 0 Å². The van der Waals surface area contributed by atoms with Gasteiger partial charge < -0.3 is 15.2 Å². The molecule has 0 radical (unpaired) electrons. The summed E-state index contributed by atoms with van der Waals surface area (Å²) in [6.07, 6.45) is 0.833. The Balaban J connectivity index is 2.24. The highest BCUT2D eigenvalue weighted by molar-refractivity contribution is 6.09. The monoisotopic (exact) mass is 315 g/mol. The number of aromatic nitrogens is 1. The predicted molar refractivity (Wildman–Crippen MR) is 87.6 cm³/mol. The zero-order valence-corrected chi connectivity index (χ0v) is 13.8. The van der Waals surface area contributed by atoms with Gasteiger partial charge in [0.05, 0.1) is 16.9 Å². The van der Waals surface area contributed by atoms with Crippen molar-refractivity contribution < 1.29 is 14.1 Å². The van der Waals surface area contributed by atoms with Crippen LogP contribution in [0.2, 0.25) is 0 Å². The molecule has 122 valence electrons. The van der Waals surface area contributed by atoms with Gasteiger partial charge in [-0.25, -0.2) is 0 Å². The molecule has 0 bridgehead atoms. The molecule has 2 N–H and O–H groups in total. The molecule has 1 heterocycles. The number of aryl methyl sites for hydroxylation is 2. The van der Waals surface area contributed by atoms with E-state index < -0.39 is 0 Å². The minimum atomic E-state index is -0.343. The molecular weight excluding hydrogens is 294 g/mol. The molecule has 6 heteroatoms.